The van der Waals surface area contributed by atoms with Crippen LogP contribution in [0.2, 0.25) is 5.02 Å². The Hall–Kier alpha value is -3.11. The van der Waals surface area contributed by atoms with Crippen molar-refractivity contribution in [3.8, 4) is 0 Å². The summed E-state index contributed by atoms with van der Waals surface area (Å²) in [5, 5.41) is 3.23. The zero-order chi connectivity index (χ0) is 19.8. The van der Waals surface area contributed by atoms with Gasteiger partial charge in [0.15, 0.2) is 0 Å². The number of carbonyl (C=O) groups is 2. The van der Waals surface area contributed by atoms with Gasteiger partial charge in [-0.25, -0.2) is 0 Å². The Balaban J connectivity index is 1.71. The molecule has 0 saturated carbocycles. The first kappa shape index (κ1) is 19.6. The van der Waals surface area contributed by atoms with Gasteiger partial charge in [-0.15, -0.1) is 0 Å². The number of amides is 2. The summed E-state index contributed by atoms with van der Waals surface area (Å²) in [7, 11) is 0. The van der Waals surface area contributed by atoms with Crippen LogP contribution >= 0.6 is 11.6 Å². The molecule has 3 rings (SSSR count). The first-order chi connectivity index (χ1) is 13.6. The molecule has 0 spiro atoms. The van der Waals surface area contributed by atoms with Crippen LogP contribution in [0.1, 0.15) is 16.7 Å². The number of hydrogen-bond acceptors (Lipinski definition) is 2. The molecule has 1 N–H and O–H groups in total. The number of halogens is 1. The lowest BCUT2D eigenvalue weighted by Crippen LogP contribution is -2.42. The Morgan fingerprint density at radius 3 is 1.79 bits per heavy atom. The number of hydrogen-bond donors (Lipinski definition) is 1. The van der Waals surface area contributed by atoms with Crippen molar-refractivity contribution in [2.75, 3.05) is 0 Å². The summed E-state index contributed by atoms with van der Waals surface area (Å²) in [6.07, 6.45) is 0. The summed E-state index contributed by atoms with van der Waals surface area (Å²) in [5.41, 5.74) is 2.69. The largest absolute Gasteiger partial charge is 0.344 e. The predicted molar refractivity (Wildman–Crippen MR) is 110 cm³/mol. The molecule has 0 aliphatic rings. The van der Waals surface area contributed by atoms with Gasteiger partial charge >= 0.3 is 11.8 Å². The van der Waals surface area contributed by atoms with Crippen LogP contribution in [0.15, 0.2) is 84.9 Å². The fourth-order valence-electron chi connectivity index (χ4n) is 2.84. The zero-order valence-electron chi connectivity index (χ0n) is 15.3. The minimum absolute atomic E-state index is 0.203. The summed E-state index contributed by atoms with van der Waals surface area (Å²) in [6, 6.07) is 26.5. The second-order valence-corrected chi connectivity index (χ2v) is 6.81. The average Bonchev–Trinajstić information content (AvgIpc) is 2.73. The van der Waals surface area contributed by atoms with E-state index in [2.05, 4.69) is 5.32 Å². The SMILES string of the molecule is O=C(NCc1ccccc1Cl)C(=O)N(Cc1ccccc1)Cc1ccccc1. The van der Waals surface area contributed by atoms with E-state index in [-0.39, 0.29) is 6.54 Å². The van der Waals surface area contributed by atoms with E-state index < -0.39 is 11.8 Å². The van der Waals surface area contributed by atoms with E-state index in [4.69, 9.17) is 11.6 Å². The number of nitrogens with zero attached hydrogens (tertiary/aromatic N) is 1. The van der Waals surface area contributed by atoms with Crippen molar-refractivity contribution in [3.05, 3.63) is 107 Å². The number of carbonyl (C=O) groups excluding carboxylic acids is 2. The van der Waals surface area contributed by atoms with Crippen molar-refractivity contribution in [2.45, 2.75) is 19.6 Å². The zero-order valence-corrected chi connectivity index (χ0v) is 16.1. The Morgan fingerprint density at radius 1 is 0.750 bits per heavy atom. The molecule has 0 aromatic heterocycles. The third-order valence-corrected chi connectivity index (χ3v) is 4.68. The van der Waals surface area contributed by atoms with Crippen molar-refractivity contribution < 1.29 is 9.59 Å². The van der Waals surface area contributed by atoms with Gasteiger partial charge in [0.05, 0.1) is 0 Å². The van der Waals surface area contributed by atoms with Crippen LogP contribution in [-0.2, 0) is 29.2 Å². The number of rotatable bonds is 6. The molecule has 0 fully saturated rings. The molecule has 0 saturated heterocycles. The quantitative estimate of drug-likeness (QED) is 0.639. The van der Waals surface area contributed by atoms with E-state index >= 15 is 0 Å². The summed E-state index contributed by atoms with van der Waals surface area (Å²) in [6.45, 7) is 0.914. The molecular weight excluding hydrogens is 372 g/mol. The molecule has 0 aliphatic carbocycles. The van der Waals surface area contributed by atoms with E-state index in [1.165, 1.54) is 0 Å². The van der Waals surface area contributed by atoms with Gasteiger partial charge in [-0.05, 0) is 22.8 Å². The fraction of sp³-hybridized carbons (Fsp3) is 0.130. The van der Waals surface area contributed by atoms with Gasteiger partial charge in [-0.2, -0.15) is 0 Å². The Labute approximate surface area is 169 Å². The highest BCUT2D eigenvalue weighted by Crippen LogP contribution is 2.15. The third kappa shape index (κ3) is 5.44. The average molecular weight is 393 g/mol. The monoisotopic (exact) mass is 392 g/mol. The maximum absolute atomic E-state index is 12.8. The van der Waals surface area contributed by atoms with Crippen LogP contribution in [0.3, 0.4) is 0 Å². The molecule has 3 aromatic carbocycles. The minimum Gasteiger partial charge on any atom is -0.344 e. The van der Waals surface area contributed by atoms with Crippen LogP contribution in [0.5, 0.6) is 0 Å². The van der Waals surface area contributed by atoms with Crippen molar-refractivity contribution >= 4 is 23.4 Å². The molecule has 4 nitrogen and oxygen atoms in total. The van der Waals surface area contributed by atoms with Crippen LogP contribution in [-0.4, -0.2) is 16.7 Å². The molecular formula is C23H21ClN2O2. The Bertz CT molecular complexity index is 888. The first-order valence-corrected chi connectivity index (χ1v) is 9.39. The summed E-state index contributed by atoms with van der Waals surface area (Å²) >= 11 is 6.12. The summed E-state index contributed by atoms with van der Waals surface area (Å²) in [5.74, 6) is -1.22. The normalized spacial score (nSPS) is 10.3. The lowest BCUT2D eigenvalue weighted by Gasteiger charge is -2.22. The highest BCUT2D eigenvalue weighted by molar-refractivity contribution is 6.35. The van der Waals surface area contributed by atoms with Crippen molar-refractivity contribution in [1.82, 2.24) is 10.2 Å². The van der Waals surface area contributed by atoms with Gasteiger partial charge < -0.3 is 10.2 Å². The van der Waals surface area contributed by atoms with Crippen LogP contribution in [0, 0.1) is 0 Å². The minimum atomic E-state index is -0.646. The predicted octanol–water partition coefficient (Wildman–Crippen LogP) is 4.19. The highest BCUT2D eigenvalue weighted by Gasteiger charge is 2.22. The number of nitrogens with one attached hydrogen (secondary N) is 1. The van der Waals surface area contributed by atoms with E-state index in [1.807, 2.05) is 78.9 Å². The van der Waals surface area contributed by atoms with E-state index in [0.29, 0.717) is 18.1 Å². The Kier molecular flexibility index (Phi) is 6.82. The highest BCUT2D eigenvalue weighted by atomic mass is 35.5. The molecule has 0 bridgehead atoms. The van der Waals surface area contributed by atoms with Crippen LogP contribution in [0.4, 0.5) is 0 Å². The van der Waals surface area contributed by atoms with Gasteiger partial charge in [-0.1, -0.05) is 90.5 Å². The van der Waals surface area contributed by atoms with Crippen molar-refractivity contribution in [2.24, 2.45) is 0 Å². The molecule has 28 heavy (non-hydrogen) atoms. The smallest absolute Gasteiger partial charge is 0.312 e. The molecule has 0 radical (unpaired) electrons. The lowest BCUT2D eigenvalue weighted by atomic mass is 10.1. The third-order valence-electron chi connectivity index (χ3n) is 4.31. The molecule has 2 amide bonds. The maximum atomic E-state index is 12.8. The second kappa shape index (κ2) is 9.72. The molecule has 0 atom stereocenters. The van der Waals surface area contributed by atoms with Crippen molar-refractivity contribution in [1.29, 1.82) is 0 Å². The van der Waals surface area contributed by atoms with Crippen molar-refractivity contribution in [3.63, 3.8) is 0 Å². The molecule has 0 heterocycles. The molecule has 3 aromatic rings. The summed E-state index contributed by atoms with van der Waals surface area (Å²) < 4.78 is 0. The molecule has 0 aliphatic heterocycles. The van der Waals surface area contributed by atoms with Gasteiger partial charge in [-0.3, -0.25) is 9.59 Å². The first-order valence-electron chi connectivity index (χ1n) is 9.02. The molecule has 5 heteroatoms. The van der Waals surface area contributed by atoms with Crippen LogP contribution < -0.4 is 5.32 Å². The lowest BCUT2D eigenvalue weighted by molar-refractivity contribution is -0.146. The summed E-state index contributed by atoms with van der Waals surface area (Å²) in [4.78, 5) is 26.9. The van der Waals surface area contributed by atoms with Gasteiger partial charge in [0.25, 0.3) is 0 Å². The topological polar surface area (TPSA) is 49.4 Å². The Morgan fingerprint density at radius 2 is 1.25 bits per heavy atom. The van der Waals surface area contributed by atoms with Crippen LogP contribution in [0.25, 0.3) is 0 Å². The standard InChI is InChI=1S/C23H21ClN2O2/c24-21-14-8-7-13-20(21)15-25-22(27)23(28)26(16-18-9-3-1-4-10-18)17-19-11-5-2-6-12-19/h1-14H,15-17H2,(H,25,27). The molecule has 142 valence electrons. The maximum Gasteiger partial charge on any atom is 0.312 e. The van der Waals surface area contributed by atoms with E-state index in [0.717, 1.165) is 16.7 Å². The second-order valence-electron chi connectivity index (χ2n) is 6.41. The van der Waals surface area contributed by atoms with E-state index in [1.54, 1.807) is 11.0 Å². The number of benzene rings is 3. The molecule has 0 unspecified atom stereocenters. The van der Waals surface area contributed by atoms with E-state index in [9.17, 15) is 9.59 Å². The van der Waals surface area contributed by atoms with Gasteiger partial charge in [0.1, 0.15) is 0 Å². The van der Waals surface area contributed by atoms with Gasteiger partial charge in [0.2, 0.25) is 0 Å². The fourth-order valence-corrected chi connectivity index (χ4v) is 3.05. The van der Waals surface area contributed by atoms with Gasteiger partial charge in [0, 0.05) is 24.7 Å².